The minimum Gasteiger partial charge on any atom is -0.469 e. The fourth-order valence-corrected chi connectivity index (χ4v) is 2.40. The van der Waals surface area contributed by atoms with Gasteiger partial charge in [-0.1, -0.05) is 11.6 Å². The number of carbonyl (C=O) groups is 1. The maximum absolute atomic E-state index is 11.7. The third-order valence-corrected chi connectivity index (χ3v) is 3.62. The van der Waals surface area contributed by atoms with Gasteiger partial charge in [-0.25, -0.2) is 13.4 Å². The van der Waals surface area contributed by atoms with Crippen molar-refractivity contribution in [2.45, 2.75) is 13.3 Å². The molecule has 0 aromatic carbocycles. The molecule has 0 saturated heterocycles. The minimum absolute atomic E-state index is 0.0576. The maximum atomic E-state index is 11.7. The molecule has 18 heavy (non-hydrogen) atoms. The van der Waals surface area contributed by atoms with Crippen molar-refractivity contribution in [1.29, 1.82) is 0 Å². The second kappa shape index (κ2) is 6.01. The molecule has 0 bridgehead atoms. The zero-order chi connectivity index (χ0) is 13.8. The lowest BCUT2D eigenvalue weighted by Crippen LogP contribution is -2.19. The number of esters is 1. The molecule has 0 atom stereocenters. The first-order valence-electron chi connectivity index (χ1n) is 5.03. The molecule has 8 heteroatoms. The Labute approximate surface area is 110 Å². The van der Waals surface area contributed by atoms with E-state index >= 15 is 0 Å². The summed E-state index contributed by atoms with van der Waals surface area (Å²) in [4.78, 5) is 14.7. The van der Waals surface area contributed by atoms with Crippen LogP contribution in [0.15, 0.2) is 12.3 Å². The SMILES string of the molecule is COC(=O)CCS(=O)(=O)Nc1cc(C)cnc1Cl. The molecule has 1 heterocycles. The number of aromatic nitrogens is 1. The fraction of sp³-hybridized carbons (Fsp3) is 0.400. The Morgan fingerprint density at radius 2 is 2.22 bits per heavy atom. The summed E-state index contributed by atoms with van der Waals surface area (Å²) in [6, 6.07) is 1.56. The van der Waals surface area contributed by atoms with E-state index in [0.29, 0.717) is 0 Å². The van der Waals surface area contributed by atoms with Crippen molar-refractivity contribution < 1.29 is 17.9 Å². The maximum Gasteiger partial charge on any atom is 0.306 e. The number of hydrogen-bond acceptors (Lipinski definition) is 5. The van der Waals surface area contributed by atoms with Gasteiger partial charge in [-0.05, 0) is 18.6 Å². The van der Waals surface area contributed by atoms with E-state index in [1.807, 2.05) is 0 Å². The molecular formula is C10H13ClN2O4S. The molecule has 100 valence electrons. The lowest BCUT2D eigenvalue weighted by atomic mass is 10.3. The van der Waals surface area contributed by atoms with Gasteiger partial charge in [0.05, 0.1) is 25.0 Å². The number of anilines is 1. The predicted molar refractivity (Wildman–Crippen MR) is 68.0 cm³/mol. The molecule has 0 aliphatic heterocycles. The highest BCUT2D eigenvalue weighted by Gasteiger charge is 2.15. The molecule has 0 saturated carbocycles. The highest BCUT2D eigenvalue weighted by Crippen LogP contribution is 2.21. The molecule has 6 nitrogen and oxygen atoms in total. The van der Waals surface area contributed by atoms with Crippen molar-refractivity contribution in [2.75, 3.05) is 17.6 Å². The lowest BCUT2D eigenvalue weighted by molar-refractivity contribution is -0.140. The second-order valence-electron chi connectivity index (χ2n) is 3.60. The average Bonchev–Trinajstić information content (AvgIpc) is 2.30. The monoisotopic (exact) mass is 292 g/mol. The third-order valence-electron chi connectivity index (χ3n) is 2.04. The van der Waals surface area contributed by atoms with E-state index in [4.69, 9.17) is 11.6 Å². The smallest absolute Gasteiger partial charge is 0.306 e. The van der Waals surface area contributed by atoms with Crippen LogP contribution in [0, 0.1) is 6.92 Å². The van der Waals surface area contributed by atoms with Gasteiger partial charge < -0.3 is 4.74 Å². The number of rotatable bonds is 5. The van der Waals surface area contributed by atoms with Gasteiger partial charge in [0, 0.05) is 6.20 Å². The molecule has 0 unspecified atom stereocenters. The van der Waals surface area contributed by atoms with Crippen molar-refractivity contribution >= 4 is 33.3 Å². The van der Waals surface area contributed by atoms with Crippen LogP contribution in [-0.4, -0.2) is 32.2 Å². The Kier molecular flexibility index (Phi) is 4.92. The topological polar surface area (TPSA) is 85.4 Å². The van der Waals surface area contributed by atoms with Crippen molar-refractivity contribution in [3.63, 3.8) is 0 Å². The summed E-state index contributed by atoms with van der Waals surface area (Å²) >= 11 is 5.76. The molecule has 1 N–H and O–H groups in total. The van der Waals surface area contributed by atoms with Crippen LogP contribution in [0.1, 0.15) is 12.0 Å². The fourth-order valence-electron chi connectivity index (χ4n) is 1.16. The van der Waals surface area contributed by atoms with Crippen LogP contribution in [-0.2, 0) is 19.6 Å². The number of pyridine rings is 1. The van der Waals surface area contributed by atoms with E-state index in [1.54, 1.807) is 13.0 Å². The number of hydrogen-bond donors (Lipinski definition) is 1. The van der Waals surface area contributed by atoms with Crippen molar-refractivity contribution in [2.24, 2.45) is 0 Å². The van der Waals surface area contributed by atoms with Gasteiger partial charge in [0.25, 0.3) is 0 Å². The number of halogens is 1. The quantitative estimate of drug-likeness (QED) is 0.654. The van der Waals surface area contributed by atoms with Crippen LogP contribution in [0.25, 0.3) is 0 Å². The van der Waals surface area contributed by atoms with Crippen LogP contribution in [0.5, 0.6) is 0 Å². The molecule has 0 amide bonds. The normalized spacial score (nSPS) is 11.1. The lowest BCUT2D eigenvalue weighted by Gasteiger charge is -2.09. The Hall–Kier alpha value is -1.34. The first-order chi connectivity index (χ1) is 8.34. The van der Waals surface area contributed by atoms with E-state index < -0.39 is 16.0 Å². The molecule has 0 aliphatic rings. The van der Waals surface area contributed by atoms with Crippen LogP contribution in [0.2, 0.25) is 5.15 Å². The largest absolute Gasteiger partial charge is 0.469 e. The molecule has 0 aliphatic carbocycles. The highest BCUT2D eigenvalue weighted by atomic mass is 35.5. The van der Waals surface area contributed by atoms with E-state index in [9.17, 15) is 13.2 Å². The van der Waals surface area contributed by atoms with Crippen LogP contribution < -0.4 is 4.72 Å². The molecule has 0 fully saturated rings. The Morgan fingerprint density at radius 1 is 1.56 bits per heavy atom. The predicted octanol–water partition coefficient (Wildman–Crippen LogP) is 1.35. The summed E-state index contributed by atoms with van der Waals surface area (Å²) in [6.45, 7) is 1.76. The standard InChI is InChI=1S/C10H13ClN2O4S/c1-7-5-8(10(11)12-6-7)13-18(15,16)4-3-9(14)17-2/h5-6,13H,3-4H2,1-2H3. The summed E-state index contributed by atoms with van der Waals surface area (Å²) in [6.07, 6.45) is 1.30. The van der Waals surface area contributed by atoms with Gasteiger partial charge in [-0.2, -0.15) is 0 Å². The zero-order valence-electron chi connectivity index (χ0n) is 9.94. The van der Waals surface area contributed by atoms with Gasteiger partial charge in [0.1, 0.15) is 0 Å². The van der Waals surface area contributed by atoms with Gasteiger partial charge in [0.2, 0.25) is 10.0 Å². The number of carbonyl (C=O) groups excluding carboxylic acids is 1. The summed E-state index contributed by atoms with van der Waals surface area (Å²) in [5.41, 5.74) is 0.964. The van der Waals surface area contributed by atoms with Gasteiger partial charge >= 0.3 is 5.97 Å². The van der Waals surface area contributed by atoms with E-state index in [2.05, 4.69) is 14.4 Å². The first-order valence-corrected chi connectivity index (χ1v) is 7.06. The van der Waals surface area contributed by atoms with Gasteiger partial charge in [-0.3, -0.25) is 9.52 Å². The third kappa shape index (κ3) is 4.50. The van der Waals surface area contributed by atoms with E-state index in [-0.39, 0.29) is 23.0 Å². The Balaban J connectivity index is 2.76. The van der Waals surface area contributed by atoms with Crippen molar-refractivity contribution in [3.8, 4) is 0 Å². The summed E-state index contributed by atoms with van der Waals surface area (Å²) in [7, 11) is -2.46. The number of aryl methyl sites for hydroxylation is 1. The first kappa shape index (κ1) is 14.7. The molecule has 1 rings (SSSR count). The van der Waals surface area contributed by atoms with Crippen LogP contribution >= 0.6 is 11.6 Å². The van der Waals surface area contributed by atoms with Crippen molar-refractivity contribution in [1.82, 2.24) is 4.98 Å². The van der Waals surface area contributed by atoms with Crippen molar-refractivity contribution in [3.05, 3.63) is 23.0 Å². The summed E-state index contributed by atoms with van der Waals surface area (Å²) in [5, 5.41) is 0.0576. The molecule has 1 aromatic heterocycles. The second-order valence-corrected chi connectivity index (χ2v) is 5.80. The highest BCUT2D eigenvalue weighted by molar-refractivity contribution is 7.92. The zero-order valence-corrected chi connectivity index (χ0v) is 11.5. The number of sulfonamides is 1. The van der Waals surface area contributed by atoms with E-state index in [1.165, 1.54) is 13.3 Å². The van der Waals surface area contributed by atoms with E-state index in [0.717, 1.165) is 5.56 Å². The number of methoxy groups -OCH3 is 1. The van der Waals surface area contributed by atoms with Crippen LogP contribution in [0.4, 0.5) is 5.69 Å². The Morgan fingerprint density at radius 3 is 2.83 bits per heavy atom. The summed E-state index contributed by atoms with van der Waals surface area (Å²) < 4.78 is 30.0. The number of nitrogens with zero attached hydrogens (tertiary/aromatic N) is 1. The summed E-state index contributed by atoms with van der Waals surface area (Å²) in [5.74, 6) is -0.960. The molecule has 1 aromatic rings. The minimum atomic E-state index is -3.65. The van der Waals surface area contributed by atoms with Crippen LogP contribution in [0.3, 0.4) is 0 Å². The van der Waals surface area contributed by atoms with Gasteiger partial charge in [-0.15, -0.1) is 0 Å². The number of nitrogens with one attached hydrogen (secondary N) is 1. The molecule has 0 radical (unpaired) electrons. The average molecular weight is 293 g/mol. The molecular weight excluding hydrogens is 280 g/mol. The Bertz CT molecular complexity index is 545. The van der Waals surface area contributed by atoms with Gasteiger partial charge in [0.15, 0.2) is 5.15 Å². The molecule has 0 spiro atoms. The number of ether oxygens (including phenoxy) is 1.